The lowest BCUT2D eigenvalue weighted by Crippen LogP contribution is -2.49. The number of nitrogens with one attached hydrogen (secondary N) is 1. The summed E-state index contributed by atoms with van der Waals surface area (Å²) in [5.41, 5.74) is -1.43. The summed E-state index contributed by atoms with van der Waals surface area (Å²) in [4.78, 5) is 3.74. The van der Waals surface area contributed by atoms with E-state index < -0.39 is 36.0 Å². The van der Waals surface area contributed by atoms with Crippen LogP contribution in [-0.2, 0) is 6.18 Å². The summed E-state index contributed by atoms with van der Waals surface area (Å²) < 4.78 is 44.7. The number of nitrogens with zero attached hydrogens (tertiary/aromatic N) is 1. The van der Waals surface area contributed by atoms with Crippen LogP contribution in [0.4, 0.5) is 13.2 Å². The van der Waals surface area contributed by atoms with Crippen molar-refractivity contribution < 1.29 is 28.1 Å². The maximum atomic E-state index is 13.2. The van der Waals surface area contributed by atoms with Crippen LogP contribution in [0, 0.1) is 0 Å². The Labute approximate surface area is 167 Å². The van der Waals surface area contributed by atoms with E-state index in [4.69, 9.17) is 4.74 Å². The van der Waals surface area contributed by atoms with E-state index in [0.717, 1.165) is 18.2 Å². The molecule has 0 radical (unpaired) electrons. The van der Waals surface area contributed by atoms with Crippen molar-refractivity contribution in [2.24, 2.45) is 0 Å². The number of alkyl halides is 3. The molecule has 1 fully saturated rings. The van der Waals surface area contributed by atoms with E-state index in [1.807, 2.05) is 30.3 Å². The fourth-order valence-corrected chi connectivity index (χ4v) is 4.03. The monoisotopic (exact) mass is 410 g/mol. The second kappa shape index (κ2) is 8.69. The fraction of sp³-hybridized carbons (Fsp3) is 0.476. The van der Waals surface area contributed by atoms with Crippen LogP contribution in [0.5, 0.6) is 5.75 Å². The van der Waals surface area contributed by atoms with E-state index in [-0.39, 0.29) is 17.9 Å². The predicted molar refractivity (Wildman–Crippen MR) is 102 cm³/mol. The maximum Gasteiger partial charge on any atom is 0.433 e. The molecule has 0 unspecified atom stereocenters. The number of hydrogen-bond acceptors (Lipinski definition) is 5. The highest BCUT2D eigenvalue weighted by Crippen LogP contribution is 2.42. The first-order valence-electron chi connectivity index (χ1n) is 9.52. The van der Waals surface area contributed by atoms with Crippen LogP contribution in [0.1, 0.15) is 48.2 Å². The van der Waals surface area contributed by atoms with Gasteiger partial charge >= 0.3 is 6.18 Å². The Morgan fingerprint density at radius 3 is 2.59 bits per heavy atom. The number of aliphatic hydroxyl groups excluding tert-OH is 1. The van der Waals surface area contributed by atoms with Gasteiger partial charge in [0.2, 0.25) is 0 Å². The molecule has 2 aromatic rings. The molecule has 8 heteroatoms. The van der Waals surface area contributed by atoms with Gasteiger partial charge < -0.3 is 20.3 Å². The van der Waals surface area contributed by atoms with Gasteiger partial charge in [0.25, 0.3) is 0 Å². The van der Waals surface area contributed by atoms with Crippen molar-refractivity contribution in [1.29, 1.82) is 0 Å². The topological polar surface area (TPSA) is 74.6 Å². The standard InChI is InChI=1S/C21H25F3N2O3/c1-29-16-8-9-17(21(22,23)24)26-18(16)15(13-27)12-20(28)10-5-11-25-19(20)14-6-3-2-4-7-14/h2-4,6-9,15,19,25,27-28H,5,10-13H2,1H3/t15-,19+,20-/m1/s1. The van der Waals surface area contributed by atoms with E-state index in [0.29, 0.717) is 12.8 Å². The lowest BCUT2D eigenvalue weighted by Gasteiger charge is -2.42. The highest BCUT2D eigenvalue weighted by Gasteiger charge is 2.43. The van der Waals surface area contributed by atoms with Gasteiger partial charge in [-0.15, -0.1) is 0 Å². The summed E-state index contributed by atoms with van der Waals surface area (Å²) >= 11 is 0. The number of aromatic nitrogens is 1. The molecule has 2 heterocycles. The van der Waals surface area contributed by atoms with Crippen LogP contribution in [0.3, 0.4) is 0 Å². The molecule has 3 rings (SSSR count). The molecule has 3 atom stereocenters. The molecular weight excluding hydrogens is 385 g/mol. The van der Waals surface area contributed by atoms with Crippen LogP contribution >= 0.6 is 0 Å². The summed E-state index contributed by atoms with van der Waals surface area (Å²) in [7, 11) is 1.34. The second-order valence-electron chi connectivity index (χ2n) is 7.37. The van der Waals surface area contributed by atoms with Crippen molar-refractivity contribution in [3.8, 4) is 5.75 Å². The number of hydrogen-bond donors (Lipinski definition) is 3. The van der Waals surface area contributed by atoms with Crippen molar-refractivity contribution in [3.05, 3.63) is 59.4 Å². The third kappa shape index (κ3) is 4.71. The Balaban J connectivity index is 1.96. The first-order chi connectivity index (χ1) is 13.8. The van der Waals surface area contributed by atoms with Gasteiger partial charge in [-0.3, -0.25) is 0 Å². The molecule has 1 aliphatic rings. The van der Waals surface area contributed by atoms with Crippen molar-refractivity contribution in [3.63, 3.8) is 0 Å². The molecule has 0 saturated carbocycles. The Morgan fingerprint density at radius 2 is 1.97 bits per heavy atom. The number of aliphatic hydroxyl groups is 2. The van der Waals surface area contributed by atoms with Gasteiger partial charge in [-0.1, -0.05) is 30.3 Å². The van der Waals surface area contributed by atoms with Gasteiger partial charge in [0.15, 0.2) is 0 Å². The Morgan fingerprint density at radius 1 is 1.24 bits per heavy atom. The minimum absolute atomic E-state index is 0.00404. The molecule has 0 aliphatic carbocycles. The highest BCUT2D eigenvalue weighted by molar-refractivity contribution is 5.34. The van der Waals surface area contributed by atoms with Crippen molar-refractivity contribution >= 4 is 0 Å². The minimum atomic E-state index is -4.61. The van der Waals surface area contributed by atoms with Crippen LogP contribution < -0.4 is 10.1 Å². The molecule has 3 N–H and O–H groups in total. The first-order valence-corrected chi connectivity index (χ1v) is 9.52. The van der Waals surface area contributed by atoms with Gasteiger partial charge in [0.1, 0.15) is 11.4 Å². The summed E-state index contributed by atoms with van der Waals surface area (Å²) in [6.45, 7) is 0.255. The number of rotatable bonds is 6. The number of methoxy groups -OCH3 is 1. The van der Waals surface area contributed by atoms with Gasteiger partial charge in [-0.05, 0) is 43.5 Å². The van der Waals surface area contributed by atoms with E-state index >= 15 is 0 Å². The van der Waals surface area contributed by atoms with E-state index in [1.165, 1.54) is 13.2 Å². The quantitative estimate of drug-likeness (QED) is 0.681. The second-order valence-corrected chi connectivity index (χ2v) is 7.37. The average Bonchev–Trinajstić information content (AvgIpc) is 2.72. The van der Waals surface area contributed by atoms with Gasteiger partial charge in [0.05, 0.1) is 31.1 Å². The average molecular weight is 410 g/mol. The lowest BCUT2D eigenvalue weighted by molar-refractivity contribution is -0.141. The van der Waals surface area contributed by atoms with Crippen molar-refractivity contribution in [2.75, 3.05) is 20.3 Å². The van der Waals surface area contributed by atoms with Crippen molar-refractivity contribution in [1.82, 2.24) is 10.3 Å². The van der Waals surface area contributed by atoms with Gasteiger partial charge in [0, 0.05) is 5.92 Å². The zero-order valence-electron chi connectivity index (χ0n) is 16.1. The zero-order chi connectivity index (χ0) is 21.1. The lowest BCUT2D eigenvalue weighted by atomic mass is 9.75. The molecule has 1 aliphatic heterocycles. The maximum absolute atomic E-state index is 13.2. The van der Waals surface area contributed by atoms with Gasteiger partial charge in [-0.25, -0.2) is 4.98 Å². The molecule has 0 spiro atoms. The van der Waals surface area contributed by atoms with E-state index in [1.54, 1.807) is 0 Å². The summed E-state index contributed by atoms with van der Waals surface area (Å²) in [6, 6.07) is 11.0. The zero-order valence-corrected chi connectivity index (χ0v) is 16.1. The van der Waals surface area contributed by atoms with Crippen LogP contribution in [0.15, 0.2) is 42.5 Å². The molecule has 1 aromatic carbocycles. The summed E-state index contributed by atoms with van der Waals surface area (Å²) in [6.07, 6.45) is -3.40. The molecule has 1 saturated heterocycles. The molecule has 5 nitrogen and oxygen atoms in total. The minimum Gasteiger partial charge on any atom is -0.495 e. The third-order valence-corrected chi connectivity index (χ3v) is 5.41. The number of piperidine rings is 1. The normalized spacial score (nSPS) is 23.6. The van der Waals surface area contributed by atoms with E-state index in [9.17, 15) is 23.4 Å². The molecular formula is C21H25F3N2O3. The number of ether oxygens (including phenoxy) is 1. The van der Waals surface area contributed by atoms with Crippen LogP contribution in [0.2, 0.25) is 0 Å². The third-order valence-electron chi connectivity index (χ3n) is 5.41. The van der Waals surface area contributed by atoms with Crippen LogP contribution in [0.25, 0.3) is 0 Å². The van der Waals surface area contributed by atoms with Gasteiger partial charge in [-0.2, -0.15) is 13.2 Å². The number of halogens is 3. The Kier molecular flexibility index (Phi) is 6.45. The summed E-state index contributed by atoms with van der Waals surface area (Å²) in [5.74, 6) is -0.663. The predicted octanol–water partition coefficient (Wildman–Crippen LogP) is 3.43. The molecule has 158 valence electrons. The summed E-state index contributed by atoms with van der Waals surface area (Å²) in [5, 5.41) is 24.8. The first kappa shape index (κ1) is 21.5. The largest absolute Gasteiger partial charge is 0.495 e. The Hall–Kier alpha value is -2.16. The highest BCUT2D eigenvalue weighted by atomic mass is 19.4. The van der Waals surface area contributed by atoms with Crippen molar-refractivity contribution in [2.45, 2.75) is 43.0 Å². The molecule has 1 aromatic heterocycles. The molecule has 0 amide bonds. The SMILES string of the molecule is COc1ccc(C(F)(F)F)nc1[C@@H](CO)C[C@]1(O)CCCN[C@H]1c1ccccc1. The fourth-order valence-electron chi connectivity index (χ4n) is 4.03. The molecule has 0 bridgehead atoms. The number of pyridine rings is 1. The number of benzene rings is 1. The Bertz CT molecular complexity index is 817. The molecule has 29 heavy (non-hydrogen) atoms. The van der Waals surface area contributed by atoms with E-state index in [2.05, 4.69) is 10.3 Å². The van der Waals surface area contributed by atoms with Crippen LogP contribution in [-0.4, -0.2) is 41.1 Å². The smallest absolute Gasteiger partial charge is 0.433 e.